The maximum absolute atomic E-state index is 10.7. The summed E-state index contributed by atoms with van der Waals surface area (Å²) in [5.74, 6) is 1.12. The van der Waals surface area contributed by atoms with Crippen LogP contribution in [0, 0.1) is 0 Å². The third-order valence-electron chi connectivity index (χ3n) is 5.56. The third kappa shape index (κ3) is 3.63. The second-order valence-electron chi connectivity index (χ2n) is 7.48. The van der Waals surface area contributed by atoms with E-state index in [1.807, 2.05) is 30.3 Å². The van der Waals surface area contributed by atoms with E-state index < -0.39 is 6.23 Å². The van der Waals surface area contributed by atoms with Crippen molar-refractivity contribution in [3.63, 3.8) is 0 Å². The first-order chi connectivity index (χ1) is 15.4. The Balaban J connectivity index is 1.65. The van der Waals surface area contributed by atoms with Gasteiger partial charge in [0.05, 0.1) is 34.5 Å². The lowest BCUT2D eigenvalue weighted by atomic mass is 9.95. The highest BCUT2D eigenvalue weighted by Crippen LogP contribution is 2.52. The average Bonchev–Trinajstić information content (AvgIpc) is 3.22. The molecule has 0 saturated heterocycles. The summed E-state index contributed by atoms with van der Waals surface area (Å²) >= 11 is 25.2. The maximum atomic E-state index is 10.7. The molecule has 5 rings (SSSR count). The van der Waals surface area contributed by atoms with Crippen molar-refractivity contribution in [2.45, 2.75) is 18.7 Å². The van der Waals surface area contributed by atoms with Gasteiger partial charge in [0.15, 0.2) is 0 Å². The number of halogens is 4. The van der Waals surface area contributed by atoms with Gasteiger partial charge < -0.3 is 14.6 Å². The number of aromatic hydroxyl groups is 1. The number of hydrogen-bond donors (Lipinski definition) is 1. The summed E-state index contributed by atoms with van der Waals surface area (Å²) in [6, 6.07) is 14.0. The molecule has 2 aliphatic rings. The highest BCUT2D eigenvalue weighted by molar-refractivity contribution is 6.36. The predicted molar refractivity (Wildman–Crippen MR) is 127 cm³/mol. The van der Waals surface area contributed by atoms with E-state index in [2.05, 4.69) is 0 Å². The minimum absolute atomic E-state index is 0.124. The first-order valence-corrected chi connectivity index (χ1v) is 11.2. The number of ether oxygens (including phenoxy) is 2. The summed E-state index contributed by atoms with van der Waals surface area (Å²) < 4.78 is 11.5. The van der Waals surface area contributed by atoms with Gasteiger partial charge in [-0.2, -0.15) is 5.10 Å². The second kappa shape index (κ2) is 8.23. The lowest BCUT2D eigenvalue weighted by Crippen LogP contribution is -2.34. The standard InChI is InChI=1S/C23H16Cl4N2O3/c1-31-14-4-2-11(3-5-14)19-10-20-15-6-12(24)9-18(27)22(15)32-23(29(20)28-19)16-7-13(25)8-17(26)21(16)30/h2-9,20,23,30H,10H2,1H3. The number of hydrogen-bond acceptors (Lipinski definition) is 5. The molecule has 1 N–H and O–H groups in total. The van der Waals surface area contributed by atoms with E-state index >= 15 is 0 Å². The zero-order chi connectivity index (χ0) is 22.6. The Morgan fingerprint density at radius 2 is 1.62 bits per heavy atom. The van der Waals surface area contributed by atoms with Gasteiger partial charge in [-0.3, -0.25) is 0 Å². The molecule has 2 aliphatic heterocycles. The van der Waals surface area contributed by atoms with Gasteiger partial charge in [-0.25, -0.2) is 5.01 Å². The molecule has 0 aromatic heterocycles. The molecule has 164 valence electrons. The largest absolute Gasteiger partial charge is 0.506 e. The van der Waals surface area contributed by atoms with Crippen LogP contribution < -0.4 is 9.47 Å². The quantitative estimate of drug-likeness (QED) is 0.403. The molecule has 2 heterocycles. The third-order valence-corrected chi connectivity index (χ3v) is 6.56. The van der Waals surface area contributed by atoms with Gasteiger partial charge in [-0.05, 0) is 54.1 Å². The number of fused-ring (bicyclic) bond motifs is 3. The Kier molecular flexibility index (Phi) is 5.54. The zero-order valence-corrected chi connectivity index (χ0v) is 19.7. The molecule has 3 aromatic rings. The fourth-order valence-corrected chi connectivity index (χ4v) is 5.11. The molecule has 0 saturated carbocycles. The van der Waals surface area contributed by atoms with E-state index in [1.54, 1.807) is 24.3 Å². The van der Waals surface area contributed by atoms with Crippen molar-refractivity contribution in [1.29, 1.82) is 0 Å². The van der Waals surface area contributed by atoms with Crippen LogP contribution in [0.5, 0.6) is 17.2 Å². The Hall–Kier alpha value is -2.31. The van der Waals surface area contributed by atoms with Crippen molar-refractivity contribution in [2.75, 3.05) is 7.11 Å². The number of phenols is 1. The average molecular weight is 510 g/mol. The number of phenolic OH excluding ortho intramolecular Hbond substituents is 1. The van der Waals surface area contributed by atoms with Crippen LogP contribution in [0.4, 0.5) is 0 Å². The van der Waals surface area contributed by atoms with Gasteiger partial charge in [-0.15, -0.1) is 0 Å². The molecule has 0 amide bonds. The van der Waals surface area contributed by atoms with Gasteiger partial charge >= 0.3 is 0 Å². The van der Waals surface area contributed by atoms with Crippen LogP contribution in [-0.2, 0) is 0 Å². The van der Waals surface area contributed by atoms with Crippen LogP contribution in [0.25, 0.3) is 0 Å². The van der Waals surface area contributed by atoms with Crippen LogP contribution >= 0.6 is 46.4 Å². The Bertz CT molecular complexity index is 1250. The van der Waals surface area contributed by atoms with Crippen LogP contribution in [0.15, 0.2) is 53.6 Å². The lowest BCUT2D eigenvalue weighted by molar-refractivity contribution is -0.0202. The molecule has 2 atom stereocenters. The summed E-state index contributed by atoms with van der Waals surface area (Å²) in [6.45, 7) is 0. The number of rotatable bonds is 3. The van der Waals surface area contributed by atoms with Crippen LogP contribution in [0.3, 0.4) is 0 Å². The molecule has 0 aliphatic carbocycles. The van der Waals surface area contributed by atoms with Gasteiger partial charge in [0.25, 0.3) is 0 Å². The van der Waals surface area contributed by atoms with E-state index in [0.717, 1.165) is 22.6 Å². The summed E-state index contributed by atoms with van der Waals surface area (Å²) in [7, 11) is 1.62. The number of nitrogens with zero attached hydrogens (tertiary/aromatic N) is 2. The Morgan fingerprint density at radius 3 is 2.31 bits per heavy atom. The topological polar surface area (TPSA) is 54.3 Å². The van der Waals surface area contributed by atoms with E-state index in [-0.39, 0.29) is 16.8 Å². The second-order valence-corrected chi connectivity index (χ2v) is 9.16. The molecule has 3 aromatic carbocycles. The zero-order valence-electron chi connectivity index (χ0n) is 16.7. The van der Waals surface area contributed by atoms with Gasteiger partial charge in [0.1, 0.15) is 17.2 Å². The molecular formula is C23H16Cl4N2O3. The summed E-state index contributed by atoms with van der Waals surface area (Å²) in [4.78, 5) is 0. The molecule has 0 spiro atoms. The van der Waals surface area contributed by atoms with Crippen LogP contribution in [0.2, 0.25) is 20.1 Å². The van der Waals surface area contributed by atoms with Crippen LogP contribution in [0.1, 0.15) is 35.4 Å². The molecule has 5 nitrogen and oxygen atoms in total. The summed E-state index contributed by atoms with van der Waals surface area (Å²) in [5.41, 5.74) is 3.01. The fourth-order valence-electron chi connectivity index (χ4n) is 4.05. The number of hydrazone groups is 1. The Morgan fingerprint density at radius 1 is 0.969 bits per heavy atom. The molecule has 2 unspecified atom stereocenters. The van der Waals surface area contributed by atoms with E-state index in [9.17, 15) is 5.11 Å². The van der Waals surface area contributed by atoms with Crippen molar-refractivity contribution < 1.29 is 14.6 Å². The fraction of sp³-hybridized carbons (Fsp3) is 0.174. The van der Waals surface area contributed by atoms with Gasteiger partial charge in [0, 0.05) is 22.0 Å². The van der Waals surface area contributed by atoms with E-state index in [4.69, 9.17) is 61.0 Å². The first-order valence-electron chi connectivity index (χ1n) is 9.69. The highest BCUT2D eigenvalue weighted by atomic mass is 35.5. The molecule has 32 heavy (non-hydrogen) atoms. The van der Waals surface area contributed by atoms with Crippen LogP contribution in [-0.4, -0.2) is 22.9 Å². The normalized spacial score (nSPS) is 19.2. The summed E-state index contributed by atoms with van der Waals surface area (Å²) in [5, 5.41) is 18.7. The van der Waals surface area contributed by atoms with Crippen molar-refractivity contribution in [2.24, 2.45) is 5.10 Å². The van der Waals surface area contributed by atoms with Crippen molar-refractivity contribution in [3.05, 3.63) is 85.3 Å². The highest BCUT2D eigenvalue weighted by Gasteiger charge is 2.43. The molecule has 0 fully saturated rings. The molecule has 0 radical (unpaired) electrons. The molecule has 0 bridgehead atoms. The predicted octanol–water partition coefficient (Wildman–Crippen LogP) is 7.26. The minimum Gasteiger partial charge on any atom is -0.506 e. The SMILES string of the molecule is COc1ccc(C2=NN3C(C2)c2cc(Cl)cc(Cl)c2OC3c2cc(Cl)cc(Cl)c2O)cc1. The minimum atomic E-state index is -0.793. The monoisotopic (exact) mass is 508 g/mol. The molecular weight excluding hydrogens is 494 g/mol. The van der Waals surface area contributed by atoms with Gasteiger partial charge in [-0.1, -0.05) is 46.4 Å². The maximum Gasteiger partial charge on any atom is 0.217 e. The lowest BCUT2D eigenvalue weighted by Gasteiger charge is -2.38. The van der Waals surface area contributed by atoms with E-state index in [0.29, 0.717) is 32.8 Å². The Labute approximate surface area is 204 Å². The number of benzene rings is 3. The van der Waals surface area contributed by atoms with Crippen molar-refractivity contribution in [3.8, 4) is 17.2 Å². The van der Waals surface area contributed by atoms with Crippen molar-refractivity contribution >= 4 is 52.1 Å². The smallest absolute Gasteiger partial charge is 0.217 e. The van der Waals surface area contributed by atoms with Crippen molar-refractivity contribution in [1.82, 2.24) is 5.01 Å². The number of methoxy groups -OCH3 is 1. The summed E-state index contributed by atoms with van der Waals surface area (Å²) in [6.07, 6.45) is -0.205. The first kappa shape index (κ1) is 21.5. The van der Waals surface area contributed by atoms with E-state index in [1.165, 1.54) is 6.07 Å². The molecule has 9 heteroatoms. The van der Waals surface area contributed by atoms with Gasteiger partial charge in [0.2, 0.25) is 6.23 Å².